The molecule has 3 aromatic carbocycles. The Morgan fingerprint density at radius 2 is 1.50 bits per heavy atom. The first-order chi connectivity index (χ1) is 17.5. The van der Waals surface area contributed by atoms with Gasteiger partial charge in [-0.3, -0.25) is 10.1 Å². The summed E-state index contributed by atoms with van der Waals surface area (Å²) < 4.78 is 10.6. The van der Waals surface area contributed by atoms with Crippen LogP contribution in [0.5, 0.6) is 11.8 Å². The Kier molecular flexibility index (Phi) is 6.03. The number of nitrogens with zero attached hydrogens (tertiary/aromatic N) is 4. The van der Waals surface area contributed by atoms with Gasteiger partial charge in [-0.05, 0) is 18.1 Å². The number of aromatic nitrogens is 4. The van der Waals surface area contributed by atoms with E-state index in [0.29, 0.717) is 33.7 Å². The molecule has 36 heavy (non-hydrogen) atoms. The van der Waals surface area contributed by atoms with Gasteiger partial charge >= 0.3 is 0 Å². The van der Waals surface area contributed by atoms with Gasteiger partial charge in [-0.25, -0.2) is 15.0 Å². The summed E-state index contributed by atoms with van der Waals surface area (Å²) in [6.45, 7) is 1.69. The highest BCUT2D eigenvalue weighted by Crippen LogP contribution is 2.39. The van der Waals surface area contributed by atoms with Crippen LogP contribution in [0.2, 0.25) is 0 Å². The lowest BCUT2D eigenvalue weighted by Crippen LogP contribution is -2.05. The van der Waals surface area contributed by atoms with Crippen LogP contribution in [0, 0.1) is 17.0 Å². The number of fused-ring (bicyclic) bond motifs is 1. The van der Waals surface area contributed by atoms with E-state index >= 15 is 0 Å². The van der Waals surface area contributed by atoms with Crippen molar-refractivity contribution in [1.29, 1.82) is 0 Å². The van der Waals surface area contributed by atoms with Gasteiger partial charge in [-0.2, -0.15) is 0 Å². The van der Waals surface area contributed by atoms with Crippen molar-refractivity contribution >= 4 is 16.7 Å². The normalized spacial score (nSPS) is 11.1. The highest BCUT2D eigenvalue weighted by atomic mass is 16.6. The van der Waals surface area contributed by atoms with Crippen molar-refractivity contribution in [3.8, 4) is 23.0 Å². The van der Waals surface area contributed by atoms with E-state index in [1.54, 1.807) is 13.1 Å². The van der Waals surface area contributed by atoms with E-state index in [-0.39, 0.29) is 23.4 Å². The van der Waals surface area contributed by atoms with Crippen LogP contribution in [-0.4, -0.2) is 39.1 Å². The molecule has 0 aliphatic rings. The first-order valence-corrected chi connectivity index (χ1v) is 11.2. The van der Waals surface area contributed by atoms with E-state index in [9.17, 15) is 10.1 Å². The minimum absolute atomic E-state index is 0.0714. The van der Waals surface area contributed by atoms with Crippen molar-refractivity contribution in [3.63, 3.8) is 0 Å². The predicted octanol–water partition coefficient (Wildman–Crippen LogP) is 5.43. The van der Waals surface area contributed by atoms with Crippen LogP contribution in [-0.2, 0) is 0 Å². The summed E-state index contributed by atoms with van der Waals surface area (Å²) >= 11 is 0. The van der Waals surface area contributed by atoms with E-state index in [4.69, 9.17) is 14.5 Å². The molecule has 0 amide bonds. The Morgan fingerprint density at radius 1 is 0.917 bits per heavy atom. The predicted molar refractivity (Wildman–Crippen MR) is 135 cm³/mol. The molecule has 2 aromatic heterocycles. The molecule has 0 spiro atoms. The summed E-state index contributed by atoms with van der Waals surface area (Å²) in [7, 11) is 2.91. The molecule has 0 atom stereocenters. The van der Waals surface area contributed by atoms with Gasteiger partial charge < -0.3 is 14.5 Å². The van der Waals surface area contributed by atoms with Crippen LogP contribution >= 0.6 is 0 Å². The number of hydrogen-bond donors (Lipinski definition) is 1. The molecule has 5 rings (SSSR count). The smallest absolute Gasteiger partial charge is 0.278 e. The van der Waals surface area contributed by atoms with E-state index in [0.717, 1.165) is 11.1 Å². The maximum absolute atomic E-state index is 11.9. The zero-order chi connectivity index (χ0) is 25.2. The van der Waals surface area contributed by atoms with Crippen LogP contribution in [0.15, 0.2) is 72.9 Å². The Balaban J connectivity index is 1.74. The van der Waals surface area contributed by atoms with Crippen LogP contribution in [0.25, 0.3) is 22.3 Å². The number of imidazole rings is 1. The number of nitro benzene ring substituents is 1. The number of benzene rings is 3. The number of nitrogens with one attached hydrogen (secondary N) is 1. The minimum atomic E-state index is -0.426. The van der Waals surface area contributed by atoms with Gasteiger partial charge in [-0.15, -0.1) is 0 Å². The summed E-state index contributed by atoms with van der Waals surface area (Å²) in [6.07, 6.45) is 1.68. The number of methoxy groups -OCH3 is 2. The maximum atomic E-state index is 11.9. The number of aromatic amines is 1. The third-order valence-corrected chi connectivity index (χ3v) is 6.12. The molecule has 5 aromatic rings. The Morgan fingerprint density at radius 3 is 2.06 bits per heavy atom. The Bertz CT molecular complexity index is 1510. The van der Waals surface area contributed by atoms with Gasteiger partial charge in [0.05, 0.1) is 37.0 Å². The first kappa shape index (κ1) is 23.0. The number of nitro groups is 1. The van der Waals surface area contributed by atoms with Crippen LogP contribution in [0.3, 0.4) is 0 Å². The van der Waals surface area contributed by atoms with Gasteiger partial charge in [0.2, 0.25) is 0 Å². The lowest BCUT2D eigenvalue weighted by molar-refractivity contribution is -0.385. The molecule has 0 aliphatic heterocycles. The molecule has 9 nitrogen and oxygen atoms in total. The summed E-state index contributed by atoms with van der Waals surface area (Å²) in [4.78, 5) is 28.6. The van der Waals surface area contributed by atoms with Crippen molar-refractivity contribution < 1.29 is 14.4 Å². The average Bonchev–Trinajstić information content (AvgIpc) is 3.37. The molecule has 0 unspecified atom stereocenters. The molecule has 0 fully saturated rings. The lowest BCUT2D eigenvalue weighted by Gasteiger charge is -2.16. The molecule has 0 saturated heterocycles. The molecule has 9 heteroatoms. The van der Waals surface area contributed by atoms with Crippen LogP contribution < -0.4 is 9.47 Å². The third-order valence-electron chi connectivity index (χ3n) is 6.12. The van der Waals surface area contributed by atoms with Crippen molar-refractivity contribution in [2.45, 2.75) is 12.8 Å². The van der Waals surface area contributed by atoms with Gasteiger partial charge in [0.1, 0.15) is 16.9 Å². The molecule has 1 N–H and O–H groups in total. The van der Waals surface area contributed by atoms with E-state index in [2.05, 4.69) is 39.2 Å². The zero-order valence-corrected chi connectivity index (χ0v) is 19.9. The van der Waals surface area contributed by atoms with Crippen molar-refractivity contribution in [3.05, 3.63) is 106 Å². The molecular formula is C27H23N5O4. The third kappa shape index (κ3) is 4.00. The van der Waals surface area contributed by atoms with E-state index in [1.165, 1.54) is 20.3 Å². The fourth-order valence-electron chi connectivity index (χ4n) is 4.44. The Hall–Kier alpha value is -4.79. The van der Waals surface area contributed by atoms with Crippen molar-refractivity contribution in [2.24, 2.45) is 0 Å². The molecule has 0 bridgehead atoms. The van der Waals surface area contributed by atoms with Crippen LogP contribution in [0.1, 0.15) is 28.4 Å². The Labute approximate surface area is 206 Å². The number of ether oxygens (including phenoxy) is 2. The van der Waals surface area contributed by atoms with Gasteiger partial charge in [0, 0.05) is 17.2 Å². The minimum Gasteiger partial charge on any atom is -0.477 e. The monoisotopic (exact) mass is 481 g/mol. The summed E-state index contributed by atoms with van der Waals surface area (Å²) in [5.41, 5.74) is 4.40. The first-order valence-electron chi connectivity index (χ1n) is 11.2. The van der Waals surface area contributed by atoms with E-state index in [1.807, 2.05) is 36.4 Å². The van der Waals surface area contributed by atoms with Gasteiger partial charge in [0.25, 0.3) is 17.4 Å². The second-order valence-electron chi connectivity index (χ2n) is 8.20. The number of rotatable bonds is 7. The number of hydrogen-bond acceptors (Lipinski definition) is 7. The summed E-state index contributed by atoms with van der Waals surface area (Å²) in [5, 5.41) is 11.9. The lowest BCUT2D eigenvalue weighted by atomic mass is 9.91. The molecule has 180 valence electrons. The van der Waals surface area contributed by atoms with Crippen LogP contribution in [0.4, 0.5) is 5.69 Å². The van der Waals surface area contributed by atoms with Crippen molar-refractivity contribution in [1.82, 2.24) is 19.9 Å². The fourth-order valence-corrected chi connectivity index (χ4v) is 4.44. The van der Waals surface area contributed by atoms with Gasteiger partial charge in [-0.1, -0.05) is 60.7 Å². The van der Waals surface area contributed by atoms with Gasteiger partial charge in [0.15, 0.2) is 0 Å². The second-order valence-corrected chi connectivity index (χ2v) is 8.20. The highest BCUT2D eigenvalue weighted by molar-refractivity contribution is 5.95. The fraction of sp³-hybridized carbons (Fsp3) is 0.148. The molecular weight excluding hydrogens is 458 g/mol. The maximum Gasteiger partial charge on any atom is 0.278 e. The summed E-state index contributed by atoms with van der Waals surface area (Å²) in [5.74, 6) is 0.875. The largest absolute Gasteiger partial charge is 0.477 e. The summed E-state index contributed by atoms with van der Waals surface area (Å²) in [6, 6.07) is 21.5. The molecule has 0 aliphatic carbocycles. The van der Waals surface area contributed by atoms with E-state index < -0.39 is 4.92 Å². The highest BCUT2D eigenvalue weighted by Gasteiger charge is 2.26. The second kappa shape index (κ2) is 9.46. The molecule has 2 heterocycles. The molecule has 0 saturated carbocycles. The number of H-pyrrole nitrogens is 1. The SMILES string of the molecule is COc1nc2cc([N+](=O)[O-])c(C)c(-c3cnc(C(c4ccccc4)c4ccccc4)[nH]3)c2nc1OC. The zero-order valence-electron chi connectivity index (χ0n) is 19.9. The standard InChI is InChI=1S/C27H23N5O4/c1-16-21(32(33)34)14-19-24(31-27(36-3)26(30-19)35-2)22(16)20-15-28-25(29-20)23(17-10-6-4-7-11-17)18-12-8-5-9-13-18/h4-15,23H,1-3H3,(H,28,29). The topological polar surface area (TPSA) is 116 Å². The molecule has 0 radical (unpaired) electrons. The average molecular weight is 482 g/mol. The quantitative estimate of drug-likeness (QED) is 0.243. The van der Waals surface area contributed by atoms with Crippen molar-refractivity contribution in [2.75, 3.05) is 14.2 Å².